The van der Waals surface area contributed by atoms with Crippen molar-refractivity contribution in [1.82, 2.24) is 4.90 Å². The third-order valence-corrected chi connectivity index (χ3v) is 3.17. The third-order valence-electron chi connectivity index (χ3n) is 3.17. The van der Waals surface area contributed by atoms with E-state index >= 15 is 0 Å². The number of likely N-dealkylation sites (tertiary alicyclic amines) is 1. The maximum Gasteiger partial charge on any atom is 0.307 e. The molecule has 0 aromatic heterocycles. The smallest absolute Gasteiger partial charge is 0.307 e. The van der Waals surface area contributed by atoms with Gasteiger partial charge in [-0.3, -0.25) is 14.5 Å². The Labute approximate surface area is 95.6 Å². The van der Waals surface area contributed by atoms with Crippen molar-refractivity contribution >= 4 is 11.9 Å². The van der Waals surface area contributed by atoms with Crippen molar-refractivity contribution in [1.29, 1.82) is 0 Å². The number of nitrogens with two attached hydrogens (primary N) is 1. The summed E-state index contributed by atoms with van der Waals surface area (Å²) in [4.78, 5) is 24.0. The van der Waals surface area contributed by atoms with Crippen LogP contribution >= 0.6 is 0 Å². The highest BCUT2D eigenvalue weighted by atomic mass is 16.4. The summed E-state index contributed by atoms with van der Waals surface area (Å²) in [5, 5.41) is 8.88. The minimum atomic E-state index is -0.777. The number of nitrogens with zero attached hydrogens (tertiary/aromatic N) is 1. The van der Waals surface area contributed by atoms with E-state index in [0.717, 1.165) is 19.3 Å². The Morgan fingerprint density at radius 3 is 2.69 bits per heavy atom. The molecule has 3 N–H and O–H groups in total. The van der Waals surface area contributed by atoms with Crippen LogP contribution in [-0.4, -0.2) is 41.0 Å². The standard InChI is InChI=1S/C11H20N2O3/c1-2-3-4-9(10(12)14)13-6-5-8(7-13)11(15)16/h8-9H,2-7H2,1H3,(H2,12,14)(H,15,16). The Kier molecular flexibility index (Phi) is 4.73. The van der Waals surface area contributed by atoms with E-state index in [1.807, 2.05) is 4.90 Å². The monoisotopic (exact) mass is 228 g/mol. The number of carbonyl (C=O) groups is 2. The van der Waals surface area contributed by atoms with E-state index < -0.39 is 5.97 Å². The lowest BCUT2D eigenvalue weighted by Gasteiger charge is -2.24. The molecule has 1 rings (SSSR count). The maximum atomic E-state index is 11.3. The van der Waals surface area contributed by atoms with Crippen LogP contribution in [0.25, 0.3) is 0 Å². The van der Waals surface area contributed by atoms with Gasteiger partial charge >= 0.3 is 5.97 Å². The SMILES string of the molecule is CCCCC(C(N)=O)N1CCC(C(=O)O)C1. The molecule has 1 amide bonds. The van der Waals surface area contributed by atoms with Gasteiger partial charge in [-0.05, 0) is 19.4 Å². The van der Waals surface area contributed by atoms with E-state index in [4.69, 9.17) is 10.8 Å². The molecule has 0 radical (unpaired) electrons. The summed E-state index contributed by atoms with van der Waals surface area (Å²) in [5.41, 5.74) is 5.35. The summed E-state index contributed by atoms with van der Waals surface area (Å²) in [5.74, 6) is -1.45. The molecular weight excluding hydrogens is 208 g/mol. The maximum absolute atomic E-state index is 11.3. The van der Waals surface area contributed by atoms with E-state index in [1.165, 1.54) is 0 Å². The van der Waals surface area contributed by atoms with Gasteiger partial charge < -0.3 is 10.8 Å². The normalized spacial score (nSPS) is 23.2. The van der Waals surface area contributed by atoms with Gasteiger partial charge in [0, 0.05) is 6.54 Å². The van der Waals surface area contributed by atoms with E-state index in [9.17, 15) is 9.59 Å². The lowest BCUT2D eigenvalue weighted by atomic mass is 10.1. The van der Waals surface area contributed by atoms with Crippen molar-refractivity contribution in [2.75, 3.05) is 13.1 Å². The van der Waals surface area contributed by atoms with Crippen molar-refractivity contribution in [2.24, 2.45) is 11.7 Å². The van der Waals surface area contributed by atoms with Crippen LogP contribution in [-0.2, 0) is 9.59 Å². The van der Waals surface area contributed by atoms with E-state index in [1.54, 1.807) is 0 Å². The molecule has 0 aromatic rings. The van der Waals surface area contributed by atoms with Gasteiger partial charge in [0.1, 0.15) is 0 Å². The highest BCUT2D eigenvalue weighted by molar-refractivity contribution is 5.80. The van der Waals surface area contributed by atoms with Crippen LogP contribution in [0.2, 0.25) is 0 Å². The van der Waals surface area contributed by atoms with Crippen molar-refractivity contribution in [2.45, 2.75) is 38.6 Å². The molecular formula is C11H20N2O3. The lowest BCUT2D eigenvalue weighted by molar-refractivity contribution is -0.141. The first kappa shape index (κ1) is 13.0. The summed E-state index contributed by atoms with van der Waals surface area (Å²) in [6.07, 6.45) is 3.31. The number of unbranched alkanes of at least 4 members (excludes halogenated alkanes) is 1. The first-order valence-corrected chi connectivity index (χ1v) is 5.82. The molecule has 0 spiro atoms. The molecule has 1 aliphatic heterocycles. The molecule has 1 fully saturated rings. The van der Waals surface area contributed by atoms with Crippen LogP contribution in [0.3, 0.4) is 0 Å². The fraction of sp³-hybridized carbons (Fsp3) is 0.818. The van der Waals surface area contributed by atoms with Crippen LogP contribution in [0, 0.1) is 5.92 Å². The largest absolute Gasteiger partial charge is 0.481 e. The number of primary amides is 1. The molecule has 1 saturated heterocycles. The number of carboxylic acid groups (broad SMARTS) is 1. The van der Waals surface area contributed by atoms with Crippen LogP contribution in [0.1, 0.15) is 32.6 Å². The number of hydrogen-bond donors (Lipinski definition) is 2. The van der Waals surface area contributed by atoms with Crippen LogP contribution in [0.5, 0.6) is 0 Å². The van der Waals surface area contributed by atoms with Crippen LogP contribution in [0.15, 0.2) is 0 Å². The Morgan fingerprint density at radius 2 is 2.25 bits per heavy atom. The van der Waals surface area contributed by atoms with Crippen molar-refractivity contribution in [3.63, 3.8) is 0 Å². The molecule has 2 atom stereocenters. The predicted molar refractivity (Wildman–Crippen MR) is 59.8 cm³/mol. The highest BCUT2D eigenvalue weighted by Crippen LogP contribution is 2.21. The predicted octanol–water partition coefficient (Wildman–Crippen LogP) is 0.437. The number of amides is 1. The lowest BCUT2D eigenvalue weighted by Crippen LogP contribution is -2.43. The summed E-state index contributed by atoms with van der Waals surface area (Å²) in [6.45, 7) is 3.17. The highest BCUT2D eigenvalue weighted by Gasteiger charge is 2.33. The van der Waals surface area contributed by atoms with Gasteiger partial charge in [0.25, 0.3) is 0 Å². The number of rotatable bonds is 6. The van der Waals surface area contributed by atoms with E-state index in [0.29, 0.717) is 19.5 Å². The number of hydrogen-bond acceptors (Lipinski definition) is 3. The average molecular weight is 228 g/mol. The van der Waals surface area contributed by atoms with Gasteiger partial charge in [0.05, 0.1) is 12.0 Å². The Hall–Kier alpha value is -1.10. The Morgan fingerprint density at radius 1 is 1.56 bits per heavy atom. The molecule has 5 nitrogen and oxygen atoms in total. The van der Waals surface area contributed by atoms with E-state index in [2.05, 4.69) is 6.92 Å². The number of aliphatic carboxylic acids is 1. The van der Waals surface area contributed by atoms with Crippen molar-refractivity contribution in [3.05, 3.63) is 0 Å². The fourth-order valence-corrected chi connectivity index (χ4v) is 2.17. The molecule has 92 valence electrons. The molecule has 0 aliphatic carbocycles. The van der Waals surface area contributed by atoms with Gasteiger partial charge in [0.2, 0.25) is 5.91 Å². The minimum absolute atomic E-state index is 0.288. The Balaban J connectivity index is 2.53. The van der Waals surface area contributed by atoms with Gasteiger partial charge in [-0.2, -0.15) is 0 Å². The second kappa shape index (κ2) is 5.84. The first-order chi connectivity index (χ1) is 7.56. The molecule has 1 aliphatic rings. The molecule has 0 aromatic carbocycles. The molecule has 0 bridgehead atoms. The minimum Gasteiger partial charge on any atom is -0.481 e. The molecule has 0 saturated carbocycles. The summed E-state index contributed by atoms with van der Waals surface area (Å²) < 4.78 is 0. The van der Waals surface area contributed by atoms with Crippen LogP contribution in [0.4, 0.5) is 0 Å². The molecule has 2 unspecified atom stereocenters. The quantitative estimate of drug-likeness (QED) is 0.691. The third kappa shape index (κ3) is 3.20. The number of carboxylic acids is 1. The number of carbonyl (C=O) groups excluding carboxylic acids is 1. The van der Waals surface area contributed by atoms with Gasteiger partial charge in [-0.15, -0.1) is 0 Å². The van der Waals surface area contributed by atoms with Crippen LogP contribution < -0.4 is 5.73 Å². The first-order valence-electron chi connectivity index (χ1n) is 5.82. The van der Waals surface area contributed by atoms with Crippen molar-refractivity contribution < 1.29 is 14.7 Å². The molecule has 5 heteroatoms. The van der Waals surface area contributed by atoms with Gasteiger partial charge in [-0.1, -0.05) is 19.8 Å². The zero-order chi connectivity index (χ0) is 12.1. The molecule has 1 heterocycles. The topological polar surface area (TPSA) is 83.6 Å². The zero-order valence-corrected chi connectivity index (χ0v) is 9.69. The average Bonchev–Trinajstić information content (AvgIpc) is 2.67. The van der Waals surface area contributed by atoms with Gasteiger partial charge in [-0.25, -0.2) is 0 Å². The van der Waals surface area contributed by atoms with E-state index in [-0.39, 0.29) is 17.9 Å². The summed E-state index contributed by atoms with van der Waals surface area (Å²) in [7, 11) is 0. The summed E-state index contributed by atoms with van der Waals surface area (Å²) >= 11 is 0. The fourth-order valence-electron chi connectivity index (χ4n) is 2.17. The second-order valence-electron chi connectivity index (χ2n) is 4.38. The van der Waals surface area contributed by atoms with Crippen molar-refractivity contribution in [3.8, 4) is 0 Å². The summed E-state index contributed by atoms with van der Waals surface area (Å²) in [6, 6.07) is -0.288. The Bertz CT molecular complexity index is 268. The van der Waals surface area contributed by atoms with Gasteiger partial charge in [0.15, 0.2) is 0 Å². The second-order valence-corrected chi connectivity index (χ2v) is 4.38. The zero-order valence-electron chi connectivity index (χ0n) is 9.69. The molecule has 16 heavy (non-hydrogen) atoms.